The van der Waals surface area contributed by atoms with Crippen molar-refractivity contribution in [1.82, 2.24) is 15.2 Å². The summed E-state index contributed by atoms with van der Waals surface area (Å²) in [5, 5.41) is 20.9. The average Bonchev–Trinajstić information content (AvgIpc) is 2.94. The van der Waals surface area contributed by atoms with E-state index >= 15 is 0 Å². The summed E-state index contributed by atoms with van der Waals surface area (Å²) in [6.45, 7) is 3.40. The molecule has 1 aromatic rings. The summed E-state index contributed by atoms with van der Waals surface area (Å²) in [6, 6.07) is 5.16. The molecule has 1 aliphatic heterocycles. The van der Waals surface area contributed by atoms with E-state index < -0.39 is 0 Å². The number of amides is 1. The lowest BCUT2D eigenvalue weighted by molar-refractivity contribution is 0.0816. The normalized spacial score (nSPS) is 16.8. The summed E-state index contributed by atoms with van der Waals surface area (Å²) in [5.74, 6) is -0.180. The number of nitrogens with zero attached hydrogens (tertiary/aromatic N) is 2. The predicted octanol–water partition coefficient (Wildman–Crippen LogP) is 0.463. The highest BCUT2D eigenvalue weighted by Crippen LogP contribution is 2.09. The lowest BCUT2D eigenvalue weighted by Crippen LogP contribution is -2.37. The van der Waals surface area contributed by atoms with Crippen molar-refractivity contribution in [3.63, 3.8) is 0 Å². The number of H-pyrrole nitrogens is 1. The maximum Gasteiger partial charge on any atom is 0.267 e. The number of aromatic amines is 1. The van der Waals surface area contributed by atoms with Crippen LogP contribution in [0.4, 0.5) is 0 Å². The number of aliphatic hydroxyl groups excluding tert-OH is 1. The second kappa shape index (κ2) is 7.08. The molecule has 108 valence electrons. The highest BCUT2D eigenvalue weighted by molar-refractivity contribution is 5.92. The number of piperidine rings is 1. The number of carbonyl (C=O) groups is 1. The Morgan fingerprint density at radius 1 is 1.50 bits per heavy atom. The zero-order valence-corrected chi connectivity index (χ0v) is 11.4. The van der Waals surface area contributed by atoms with E-state index in [-0.39, 0.29) is 12.0 Å². The zero-order valence-electron chi connectivity index (χ0n) is 11.4. The molecule has 1 aromatic heterocycles. The Hall–Kier alpha value is -1.84. The molecule has 0 aliphatic carbocycles. The average molecular weight is 276 g/mol. The number of rotatable bonds is 5. The maximum atomic E-state index is 11.8. The minimum Gasteiger partial charge on any atom is -0.393 e. The Labute approximate surface area is 118 Å². The molecule has 1 amide bonds. The van der Waals surface area contributed by atoms with Gasteiger partial charge in [0.1, 0.15) is 17.5 Å². The molecule has 1 fully saturated rings. The van der Waals surface area contributed by atoms with Gasteiger partial charge in [-0.1, -0.05) is 0 Å². The Bertz CT molecular complexity index is 484. The number of nitriles is 1. The second-order valence-corrected chi connectivity index (χ2v) is 5.08. The second-order valence-electron chi connectivity index (χ2n) is 5.08. The molecule has 2 heterocycles. The largest absolute Gasteiger partial charge is 0.393 e. The van der Waals surface area contributed by atoms with E-state index in [2.05, 4.69) is 15.2 Å². The number of carbonyl (C=O) groups excluding carboxylic acids is 1. The lowest BCUT2D eigenvalue weighted by Gasteiger charge is -2.29. The number of nitrogens with one attached hydrogen (secondary N) is 2. The van der Waals surface area contributed by atoms with Crippen molar-refractivity contribution in [2.75, 3.05) is 26.2 Å². The van der Waals surface area contributed by atoms with Gasteiger partial charge in [0.15, 0.2) is 0 Å². The minimum absolute atomic E-state index is 0.145. The Morgan fingerprint density at radius 2 is 2.25 bits per heavy atom. The molecule has 6 nitrogen and oxygen atoms in total. The maximum absolute atomic E-state index is 11.8. The van der Waals surface area contributed by atoms with Crippen molar-refractivity contribution < 1.29 is 9.90 Å². The summed E-state index contributed by atoms with van der Waals surface area (Å²) in [6.07, 6.45) is 2.42. The van der Waals surface area contributed by atoms with E-state index in [0.717, 1.165) is 38.9 Å². The molecule has 1 aliphatic rings. The smallest absolute Gasteiger partial charge is 0.267 e. The number of aromatic nitrogens is 1. The van der Waals surface area contributed by atoms with Crippen LogP contribution in [0.2, 0.25) is 0 Å². The van der Waals surface area contributed by atoms with Gasteiger partial charge < -0.3 is 20.3 Å². The molecular formula is C14H20N4O2. The van der Waals surface area contributed by atoms with Crippen LogP contribution in [0.15, 0.2) is 12.1 Å². The van der Waals surface area contributed by atoms with Crippen molar-refractivity contribution in [3.05, 3.63) is 23.5 Å². The quantitative estimate of drug-likeness (QED) is 0.681. The molecule has 0 aromatic carbocycles. The van der Waals surface area contributed by atoms with E-state index in [1.165, 1.54) is 0 Å². The number of hydrogen-bond donors (Lipinski definition) is 3. The molecule has 1 saturated heterocycles. The zero-order chi connectivity index (χ0) is 14.4. The van der Waals surface area contributed by atoms with Gasteiger partial charge in [-0.15, -0.1) is 0 Å². The fourth-order valence-corrected chi connectivity index (χ4v) is 2.34. The third-order valence-corrected chi connectivity index (χ3v) is 3.54. The molecule has 0 unspecified atom stereocenters. The Balaban J connectivity index is 1.63. The minimum atomic E-state index is -0.180. The fourth-order valence-electron chi connectivity index (χ4n) is 2.34. The van der Waals surface area contributed by atoms with Gasteiger partial charge in [-0.2, -0.15) is 5.26 Å². The van der Waals surface area contributed by atoms with Crippen LogP contribution in [-0.2, 0) is 0 Å². The summed E-state index contributed by atoms with van der Waals surface area (Å²) in [7, 11) is 0. The molecule has 0 atom stereocenters. The molecular weight excluding hydrogens is 256 g/mol. The molecule has 0 bridgehead atoms. The third-order valence-electron chi connectivity index (χ3n) is 3.54. The highest BCUT2D eigenvalue weighted by Gasteiger charge is 2.16. The van der Waals surface area contributed by atoms with Crippen molar-refractivity contribution in [3.8, 4) is 6.07 Å². The van der Waals surface area contributed by atoms with Crippen molar-refractivity contribution in [2.45, 2.75) is 25.4 Å². The molecule has 20 heavy (non-hydrogen) atoms. The number of hydrogen-bond acceptors (Lipinski definition) is 4. The number of likely N-dealkylation sites (tertiary alicyclic amines) is 1. The molecule has 3 N–H and O–H groups in total. The first-order valence-electron chi connectivity index (χ1n) is 6.97. The van der Waals surface area contributed by atoms with Gasteiger partial charge in [0.2, 0.25) is 0 Å². The van der Waals surface area contributed by atoms with Crippen LogP contribution in [0.25, 0.3) is 0 Å². The van der Waals surface area contributed by atoms with Crippen molar-refractivity contribution >= 4 is 5.91 Å². The van der Waals surface area contributed by atoms with E-state index in [4.69, 9.17) is 5.26 Å². The van der Waals surface area contributed by atoms with E-state index in [9.17, 15) is 9.90 Å². The van der Waals surface area contributed by atoms with Crippen LogP contribution in [0.5, 0.6) is 0 Å². The van der Waals surface area contributed by atoms with Gasteiger partial charge in [0.25, 0.3) is 5.91 Å². The summed E-state index contributed by atoms with van der Waals surface area (Å²) in [5.41, 5.74) is 0.810. The van der Waals surface area contributed by atoms with Crippen LogP contribution >= 0.6 is 0 Å². The van der Waals surface area contributed by atoms with Crippen molar-refractivity contribution in [1.29, 1.82) is 5.26 Å². The van der Waals surface area contributed by atoms with Crippen LogP contribution < -0.4 is 5.32 Å². The first kappa shape index (κ1) is 14.6. The molecule has 0 radical (unpaired) electrons. The fraction of sp³-hybridized carbons (Fsp3) is 0.571. The number of aliphatic hydroxyl groups is 1. The molecule has 0 saturated carbocycles. The van der Waals surface area contributed by atoms with E-state index in [1.54, 1.807) is 12.1 Å². The van der Waals surface area contributed by atoms with Gasteiger partial charge in [-0.05, 0) is 37.9 Å². The van der Waals surface area contributed by atoms with E-state index in [0.29, 0.717) is 17.9 Å². The Morgan fingerprint density at radius 3 is 2.90 bits per heavy atom. The monoisotopic (exact) mass is 276 g/mol. The van der Waals surface area contributed by atoms with Gasteiger partial charge in [0, 0.05) is 19.6 Å². The van der Waals surface area contributed by atoms with Crippen LogP contribution in [0, 0.1) is 11.3 Å². The van der Waals surface area contributed by atoms with Crippen LogP contribution in [0.3, 0.4) is 0 Å². The standard InChI is InChI=1S/C14H20N4O2/c15-10-11-2-3-13(17-11)14(20)16-6-1-7-18-8-4-12(19)5-9-18/h2-3,12,17,19H,1,4-9H2,(H,16,20). The van der Waals surface area contributed by atoms with Gasteiger partial charge >= 0.3 is 0 Å². The molecule has 6 heteroatoms. The summed E-state index contributed by atoms with van der Waals surface area (Å²) in [4.78, 5) is 16.8. The predicted molar refractivity (Wildman–Crippen MR) is 74.1 cm³/mol. The highest BCUT2D eigenvalue weighted by atomic mass is 16.3. The third kappa shape index (κ3) is 4.08. The van der Waals surface area contributed by atoms with Crippen molar-refractivity contribution in [2.24, 2.45) is 0 Å². The SMILES string of the molecule is N#Cc1ccc(C(=O)NCCCN2CCC(O)CC2)[nH]1. The van der Waals surface area contributed by atoms with Gasteiger partial charge in [-0.25, -0.2) is 0 Å². The van der Waals surface area contributed by atoms with Gasteiger partial charge in [-0.3, -0.25) is 4.79 Å². The lowest BCUT2D eigenvalue weighted by atomic mass is 10.1. The topological polar surface area (TPSA) is 92.2 Å². The first-order chi connectivity index (χ1) is 9.69. The van der Waals surface area contributed by atoms with Crippen LogP contribution in [0.1, 0.15) is 35.4 Å². The first-order valence-corrected chi connectivity index (χ1v) is 6.97. The summed E-state index contributed by atoms with van der Waals surface area (Å²) >= 11 is 0. The summed E-state index contributed by atoms with van der Waals surface area (Å²) < 4.78 is 0. The van der Waals surface area contributed by atoms with Crippen LogP contribution in [-0.4, -0.2) is 53.2 Å². The molecule has 0 spiro atoms. The van der Waals surface area contributed by atoms with E-state index in [1.807, 2.05) is 6.07 Å². The Kier molecular flexibility index (Phi) is 5.16. The van der Waals surface area contributed by atoms with Gasteiger partial charge in [0.05, 0.1) is 6.10 Å². The molecule has 2 rings (SSSR count).